The maximum atomic E-state index is 11.9. The van der Waals surface area contributed by atoms with Crippen LogP contribution in [0, 0.1) is 0 Å². The lowest BCUT2D eigenvalue weighted by Gasteiger charge is -2.22. The standard InChI is InChI=1S/C17H18ClNO2/c1-2-19(14-8-4-3-5-9-14)12-13-21-17(20)15-10-6-7-11-16(15)18/h3-11H,2,12-13H2,1H3. The molecule has 2 aromatic carbocycles. The number of halogens is 1. The summed E-state index contributed by atoms with van der Waals surface area (Å²) in [7, 11) is 0. The summed E-state index contributed by atoms with van der Waals surface area (Å²) in [6, 6.07) is 17.0. The van der Waals surface area contributed by atoms with E-state index in [1.54, 1.807) is 24.3 Å². The Bertz CT molecular complexity index is 586. The summed E-state index contributed by atoms with van der Waals surface area (Å²) in [5.74, 6) is -0.385. The summed E-state index contributed by atoms with van der Waals surface area (Å²) in [5, 5.41) is 0.415. The quantitative estimate of drug-likeness (QED) is 0.755. The van der Waals surface area contributed by atoms with Gasteiger partial charge < -0.3 is 9.64 Å². The van der Waals surface area contributed by atoms with Gasteiger partial charge in [0.25, 0.3) is 0 Å². The summed E-state index contributed by atoms with van der Waals surface area (Å²) in [4.78, 5) is 14.1. The van der Waals surface area contributed by atoms with E-state index in [-0.39, 0.29) is 5.97 Å². The Kier molecular flexibility index (Phi) is 5.64. The maximum absolute atomic E-state index is 11.9. The number of carbonyl (C=O) groups excluding carboxylic acids is 1. The fourth-order valence-corrected chi connectivity index (χ4v) is 2.27. The lowest BCUT2D eigenvalue weighted by molar-refractivity contribution is 0.0515. The predicted molar refractivity (Wildman–Crippen MR) is 86.1 cm³/mol. The summed E-state index contributed by atoms with van der Waals surface area (Å²) in [6.45, 7) is 3.90. The molecule has 110 valence electrons. The van der Waals surface area contributed by atoms with Crippen LogP contribution in [0.15, 0.2) is 54.6 Å². The van der Waals surface area contributed by atoms with E-state index in [1.165, 1.54) is 0 Å². The topological polar surface area (TPSA) is 29.5 Å². The molecule has 0 aliphatic heterocycles. The van der Waals surface area contributed by atoms with Gasteiger partial charge in [-0.05, 0) is 31.2 Å². The predicted octanol–water partition coefficient (Wildman–Crippen LogP) is 4.02. The molecule has 0 unspecified atom stereocenters. The molecule has 0 amide bonds. The average Bonchev–Trinajstić information content (AvgIpc) is 2.52. The third-order valence-corrected chi connectivity index (χ3v) is 3.52. The fraction of sp³-hybridized carbons (Fsp3) is 0.235. The van der Waals surface area contributed by atoms with E-state index in [9.17, 15) is 4.79 Å². The lowest BCUT2D eigenvalue weighted by Crippen LogP contribution is -2.28. The fourth-order valence-electron chi connectivity index (χ4n) is 2.06. The molecule has 0 atom stereocenters. The summed E-state index contributed by atoms with van der Waals surface area (Å²) in [5.41, 5.74) is 1.52. The van der Waals surface area contributed by atoms with Gasteiger partial charge in [0, 0.05) is 12.2 Å². The van der Waals surface area contributed by atoms with E-state index in [0.29, 0.717) is 23.7 Å². The molecule has 0 saturated heterocycles. The van der Waals surface area contributed by atoms with Crippen LogP contribution in [0.25, 0.3) is 0 Å². The second kappa shape index (κ2) is 7.70. The van der Waals surface area contributed by atoms with Gasteiger partial charge in [-0.15, -0.1) is 0 Å². The van der Waals surface area contributed by atoms with Crippen molar-refractivity contribution < 1.29 is 9.53 Å². The number of rotatable bonds is 6. The number of likely N-dealkylation sites (N-methyl/N-ethyl adjacent to an activating group) is 1. The molecule has 0 bridgehead atoms. The molecule has 0 radical (unpaired) electrons. The number of carbonyl (C=O) groups is 1. The zero-order valence-corrected chi connectivity index (χ0v) is 12.7. The van der Waals surface area contributed by atoms with E-state index in [2.05, 4.69) is 11.8 Å². The highest BCUT2D eigenvalue weighted by molar-refractivity contribution is 6.33. The van der Waals surface area contributed by atoms with E-state index < -0.39 is 0 Å². The number of benzene rings is 2. The molecule has 2 aromatic rings. The number of nitrogens with zero attached hydrogens (tertiary/aromatic N) is 1. The Hall–Kier alpha value is -2.00. The Morgan fingerprint density at radius 1 is 1.10 bits per heavy atom. The molecule has 0 heterocycles. The van der Waals surface area contributed by atoms with E-state index in [0.717, 1.165) is 12.2 Å². The third-order valence-electron chi connectivity index (χ3n) is 3.19. The van der Waals surface area contributed by atoms with Gasteiger partial charge in [-0.3, -0.25) is 0 Å². The number of esters is 1. The average molecular weight is 304 g/mol. The normalized spacial score (nSPS) is 10.2. The highest BCUT2D eigenvalue weighted by Gasteiger charge is 2.11. The van der Waals surface area contributed by atoms with Crippen molar-refractivity contribution >= 4 is 23.3 Å². The maximum Gasteiger partial charge on any atom is 0.339 e. The van der Waals surface area contributed by atoms with Gasteiger partial charge in [-0.2, -0.15) is 0 Å². The summed E-state index contributed by atoms with van der Waals surface area (Å²) in [6.07, 6.45) is 0. The van der Waals surface area contributed by atoms with Crippen molar-refractivity contribution in [2.24, 2.45) is 0 Å². The molecule has 0 spiro atoms. The zero-order chi connectivity index (χ0) is 15.1. The van der Waals surface area contributed by atoms with Crippen LogP contribution in [-0.2, 0) is 4.74 Å². The molecule has 2 rings (SSSR count). The van der Waals surface area contributed by atoms with Crippen molar-refractivity contribution in [1.29, 1.82) is 0 Å². The third kappa shape index (κ3) is 4.23. The zero-order valence-electron chi connectivity index (χ0n) is 12.0. The first-order chi connectivity index (χ1) is 10.2. The molecule has 4 heteroatoms. The first-order valence-corrected chi connectivity index (χ1v) is 7.32. The van der Waals surface area contributed by atoms with Gasteiger partial charge >= 0.3 is 5.97 Å². The molecule has 0 aliphatic rings. The van der Waals surface area contributed by atoms with Crippen LogP contribution in [0.5, 0.6) is 0 Å². The minimum Gasteiger partial charge on any atom is -0.460 e. The molecule has 0 N–H and O–H groups in total. The summed E-state index contributed by atoms with van der Waals surface area (Å²) >= 11 is 5.97. The minimum absolute atomic E-state index is 0.326. The van der Waals surface area contributed by atoms with Crippen LogP contribution < -0.4 is 4.90 Å². The number of ether oxygens (including phenoxy) is 1. The van der Waals surface area contributed by atoms with Crippen LogP contribution in [-0.4, -0.2) is 25.7 Å². The molecule has 0 aliphatic carbocycles. The molecular formula is C17H18ClNO2. The molecule has 0 saturated carbocycles. The molecule has 3 nitrogen and oxygen atoms in total. The van der Waals surface area contributed by atoms with Gasteiger partial charge in [-0.25, -0.2) is 4.79 Å². The van der Waals surface area contributed by atoms with Crippen molar-refractivity contribution in [3.8, 4) is 0 Å². The first kappa shape index (κ1) is 15.4. The number of hydrogen-bond donors (Lipinski definition) is 0. The van der Waals surface area contributed by atoms with Crippen molar-refractivity contribution in [1.82, 2.24) is 0 Å². The second-order valence-corrected chi connectivity index (χ2v) is 4.94. The van der Waals surface area contributed by atoms with Gasteiger partial charge in [0.15, 0.2) is 0 Å². The van der Waals surface area contributed by atoms with Gasteiger partial charge in [0.2, 0.25) is 0 Å². The van der Waals surface area contributed by atoms with Gasteiger partial charge in [0.1, 0.15) is 6.61 Å². The number of anilines is 1. The Morgan fingerprint density at radius 3 is 2.43 bits per heavy atom. The Balaban J connectivity index is 1.89. The van der Waals surface area contributed by atoms with Gasteiger partial charge in [-0.1, -0.05) is 41.9 Å². The second-order valence-electron chi connectivity index (χ2n) is 4.53. The molecule has 21 heavy (non-hydrogen) atoms. The monoisotopic (exact) mass is 303 g/mol. The van der Waals surface area contributed by atoms with E-state index in [1.807, 2.05) is 30.3 Å². The van der Waals surface area contributed by atoms with Gasteiger partial charge in [0.05, 0.1) is 17.1 Å². The Labute approximate surface area is 130 Å². The van der Waals surface area contributed by atoms with Crippen molar-refractivity contribution in [2.45, 2.75) is 6.92 Å². The number of hydrogen-bond acceptors (Lipinski definition) is 3. The van der Waals surface area contributed by atoms with Crippen LogP contribution in [0.3, 0.4) is 0 Å². The van der Waals surface area contributed by atoms with Crippen LogP contribution >= 0.6 is 11.6 Å². The van der Waals surface area contributed by atoms with E-state index >= 15 is 0 Å². The van der Waals surface area contributed by atoms with Crippen molar-refractivity contribution in [2.75, 3.05) is 24.6 Å². The first-order valence-electron chi connectivity index (χ1n) is 6.94. The smallest absolute Gasteiger partial charge is 0.339 e. The van der Waals surface area contributed by atoms with Crippen molar-refractivity contribution in [3.05, 3.63) is 65.2 Å². The molecule has 0 fully saturated rings. The minimum atomic E-state index is -0.385. The largest absolute Gasteiger partial charge is 0.460 e. The molecular weight excluding hydrogens is 286 g/mol. The lowest BCUT2D eigenvalue weighted by atomic mass is 10.2. The highest BCUT2D eigenvalue weighted by Crippen LogP contribution is 2.16. The van der Waals surface area contributed by atoms with Crippen LogP contribution in [0.4, 0.5) is 5.69 Å². The van der Waals surface area contributed by atoms with E-state index in [4.69, 9.17) is 16.3 Å². The molecule has 0 aromatic heterocycles. The highest BCUT2D eigenvalue weighted by atomic mass is 35.5. The van der Waals surface area contributed by atoms with Crippen LogP contribution in [0.1, 0.15) is 17.3 Å². The number of para-hydroxylation sites is 1. The van der Waals surface area contributed by atoms with Crippen molar-refractivity contribution in [3.63, 3.8) is 0 Å². The van der Waals surface area contributed by atoms with Crippen LogP contribution in [0.2, 0.25) is 5.02 Å². The Morgan fingerprint density at radius 2 is 1.76 bits per heavy atom. The SMILES string of the molecule is CCN(CCOC(=O)c1ccccc1Cl)c1ccccc1. The summed E-state index contributed by atoms with van der Waals surface area (Å²) < 4.78 is 5.30.